The summed E-state index contributed by atoms with van der Waals surface area (Å²) in [5, 5.41) is 10.3. The van der Waals surface area contributed by atoms with Crippen LogP contribution < -0.4 is 0 Å². The molecule has 1 aromatic carbocycles. The molecular formula is C19H28O. The van der Waals surface area contributed by atoms with Crippen molar-refractivity contribution in [1.29, 1.82) is 0 Å². The molecule has 2 aliphatic carbocycles. The number of aromatic hydroxyl groups is 1. The first-order valence-electron chi connectivity index (χ1n) is 8.50. The maximum atomic E-state index is 10.3. The fraction of sp³-hybridized carbons (Fsp3) is 0.684. The first kappa shape index (κ1) is 14.0. The number of hydrogen-bond donors (Lipinski definition) is 1. The van der Waals surface area contributed by atoms with Crippen molar-refractivity contribution in [2.45, 2.75) is 71.1 Å². The topological polar surface area (TPSA) is 20.2 Å². The Bertz CT molecular complexity index is 475. The molecule has 0 spiro atoms. The van der Waals surface area contributed by atoms with E-state index in [1.165, 1.54) is 56.1 Å². The zero-order valence-corrected chi connectivity index (χ0v) is 13.0. The number of fused-ring (bicyclic) bond motifs is 3. The van der Waals surface area contributed by atoms with Gasteiger partial charge in [0.2, 0.25) is 0 Å². The van der Waals surface area contributed by atoms with Gasteiger partial charge >= 0.3 is 0 Å². The molecule has 1 N–H and O–H groups in total. The van der Waals surface area contributed by atoms with E-state index in [2.05, 4.69) is 19.9 Å². The van der Waals surface area contributed by atoms with E-state index >= 15 is 0 Å². The Balaban J connectivity index is 1.92. The van der Waals surface area contributed by atoms with E-state index in [1.54, 1.807) is 5.56 Å². The average Bonchev–Trinajstić information content (AvgIpc) is 2.45. The summed E-state index contributed by atoms with van der Waals surface area (Å²) in [5.74, 6) is 2.94. The molecule has 2 unspecified atom stereocenters. The summed E-state index contributed by atoms with van der Waals surface area (Å²) >= 11 is 0. The molecule has 2 aliphatic rings. The molecule has 110 valence electrons. The van der Waals surface area contributed by atoms with E-state index in [0.717, 1.165) is 18.3 Å². The predicted molar refractivity (Wildman–Crippen MR) is 84.3 cm³/mol. The molecule has 1 aromatic rings. The second-order valence-corrected chi connectivity index (χ2v) is 7.25. The lowest BCUT2D eigenvalue weighted by atomic mass is 9.67. The molecule has 2 atom stereocenters. The molecular weight excluding hydrogens is 244 g/mol. The quantitative estimate of drug-likeness (QED) is 0.801. The SMILES string of the molecule is CC(C)CCc1c(O)ccc2c1CCC1CCCCC21. The monoisotopic (exact) mass is 272 g/mol. The summed E-state index contributed by atoms with van der Waals surface area (Å²) in [5.41, 5.74) is 4.35. The molecule has 0 saturated heterocycles. The zero-order valence-electron chi connectivity index (χ0n) is 13.0. The van der Waals surface area contributed by atoms with E-state index in [-0.39, 0.29) is 0 Å². The third-order valence-corrected chi connectivity index (χ3v) is 5.49. The predicted octanol–water partition coefficient (Wildman–Crippen LogP) is 5.20. The van der Waals surface area contributed by atoms with E-state index < -0.39 is 0 Å². The number of phenols is 1. The minimum atomic E-state index is 0.540. The highest BCUT2D eigenvalue weighted by Gasteiger charge is 2.32. The zero-order chi connectivity index (χ0) is 14.1. The Labute approximate surface area is 123 Å². The van der Waals surface area contributed by atoms with Crippen molar-refractivity contribution in [3.8, 4) is 5.75 Å². The van der Waals surface area contributed by atoms with Crippen molar-refractivity contribution in [2.75, 3.05) is 0 Å². The lowest BCUT2D eigenvalue weighted by Crippen LogP contribution is -2.24. The lowest BCUT2D eigenvalue weighted by molar-refractivity contribution is 0.274. The molecule has 0 amide bonds. The Morgan fingerprint density at radius 1 is 1.15 bits per heavy atom. The van der Waals surface area contributed by atoms with Crippen molar-refractivity contribution >= 4 is 0 Å². The number of rotatable bonds is 3. The fourth-order valence-electron chi connectivity index (χ4n) is 4.35. The van der Waals surface area contributed by atoms with Crippen LogP contribution in [-0.2, 0) is 12.8 Å². The van der Waals surface area contributed by atoms with Crippen LogP contribution in [-0.4, -0.2) is 5.11 Å². The van der Waals surface area contributed by atoms with Crippen molar-refractivity contribution in [3.63, 3.8) is 0 Å². The third-order valence-electron chi connectivity index (χ3n) is 5.49. The van der Waals surface area contributed by atoms with Gasteiger partial charge in [0.05, 0.1) is 0 Å². The first-order chi connectivity index (χ1) is 9.66. The van der Waals surface area contributed by atoms with Crippen LogP contribution in [0.4, 0.5) is 0 Å². The van der Waals surface area contributed by atoms with Crippen LogP contribution in [0.25, 0.3) is 0 Å². The third kappa shape index (κ3) is 2.60. The second-order valence-electron chi connectivity index (χ2n) is 7.25. The summed E-state index contributed by atoms with van der Waals surface area (Å²) in [6.07, 6.45) is 10.4. The standard InChI is InChI=1S/C19H28O/c1-13(2)7-9-18-17-10-8-14-5-3-4-6-15(14)16(17)11-12-19(18)20/h11-15,20H,3-10H2,1-2H3. The van der Waals surface area contributed by atoms with E-state index in [1.807, 2.05) is 6.07 Å². The Hall–Kier alpha value is -0.980. The maximum absolute atomic E-state index is 10.3. The van der Waals surface area contributed by atoms with Gasteiger partial charge in [0.25, 0.3) is 0 Å². The Kier molecular flexibility index (Phi) is 4.05. The number of phenolic OH excluding ortho intramolecular Hbond substituents is 1. The minimum absolute atomic E-state index is 0.540. The van der Waals surface area contributed by atoms with Gasteiger partial charge in [-0.05, 0) is 79.0 Å². The van der Waals surface area contributed by atoms with Crippen LogP contribution in [0.1, 0.15) is 75.0 Å². The van der Waals surface area contributed by atoms with Gasteiger partial charge in [-0.1, -0.05) is 32.8 Å². The molecule has 0 heterocycles. The van der Waals surface area contributed by atoms with Gasteiger partial charge in [0.1, 0.15) is 5.75 Å². The van der Waals surface area contributed by atoms with Gasteiger partial charge in [0.15, 0.2) is 0 Å². The van der Waals surface area contributed by atoms with Crippen molar-refractivity contribution in [1.82, 2.24) is 0 Å². The molecule has 0 bridgehead atoms. The first-order valence-corrected chi connectivity index (χ1v) is 8.50. The molecule has 3 rings (SSSR count). The fourth-order valence-corrected chi connectivity index (χ4v) is 4.35. The van der Waals surface area contributed by atoms with E-state index in [0.29, 0.717) is 11.7 Å². The highest BCUT2D eigenvalue weighted by atomic mass is 16.3. The summed E-state index contributed by atoms with van der Waals surface area (Å²) in [4.78, 5) is 0. The molecule has 0 aromatic heterocycles. The van der Waals surface area contributed by atoms with Crippen LogP contribution in [0.5, 0.6) is 5.75 Å². The van der Waals surface area contributed by atoms with Gasteiger partial charge in [0, 0.05) is 0 Å². The summed E-state index contributed by atoms with van der Waals surface area (Å²) in [7, 11) is 0. The van der Waals surface area contributed by atoms with Crippen LogP contribution >= 0.6 is 0 Å². The minimum Gasteiger partial charge on any atom is -0.508 e. The largest absolute Gasteiger partial charge is 0.508 e. The van der Waals surface area contributed by atoms with Crippen LogP contribution in [0.2, 0.25) is 0 Å². The molecule has 0 radical (unpaired) electrons. The van der Waals surface area contributed by atoms with Crippen molar-refractivity contribution < 1.29 is 5.11 Å². The van der Waals surface area contributed by atoms with Crippen molar-refractivity contribution in [2.24, 2.45) is 11.8 Å². The van der Waals surface area contributed by atoms with Gasteiger partial charge < -0.3 is 5.11 Å². The normalized spacial score (nSPS) is 25.4. The average molecular weight is 272 g/mol. The van der Waals surface area contributed by atoms with Crippen molar-refractivity contribution in [3.05, 3.63) is 28.8 Å². The smallest absolute Gasteiger partial charge is 0.119 e. The summed E-state index contributed by atoms with van der Waals surface area (Å²) in [6, 6.07) is 4.19. The molecule has 1 saturated carbocycles. The van der Waals surface area contributed by atoms with Gasteiger partial charge in [-0.3, -0.25) is 0 Å². The van der Waals surface area contributed by atoms with Crippen LogP contribution in [0, 0.1) is 11.8 Å². The van der Waals surface area contributed by atoms with E-state index in [9.17, 15) is 5.11 Å². The molecule has 1 heteroatoms. The summed E-state index contributed by atoms with van der Waals surface area (Å²) in [6.45, 7) is 4.53. The highest BCUT2D eigenvalue weighted by molar-refractivity contribution is 5.47. The number of hydrogen-bond acceptors (Lipinski definition) is 1. The lowest BCUT2D eigenvalue weighted by Gasteiger charge is -2.38. The molecule has 1 nitrogen and oxygen atoms in total. The Morgan fingerprint density at radius 2 is 1.95 bits per heavy atom. The maximum Gasteiger partial charge on any atom is 0.119 e. The molecule has 20 heavy (non-hydrogen) atoms. The van der Waals surface area contributed by atoms with Gasteiger partial charge in [-0.15, -0.1) is 0 Å². The number of benzene rings is 1. The van der Waals surface area contributed by atoms with Gasteiger partial charge in [-0.2, -0.15) is 0 Å². The van der Waals surface area contributed by atoms with E-state index in [4.69, 9.17) is 0 Å². The second kappa shape index (κ2) is 5.79. The highest BCUT2D eigenvalue weighted by Crippen LogP contribution is 2.47. The summed E-state index contributed by atoms with van der Waals surface area (Å²) < 4.78 is 0. The van der Waals surface area contributed by atoms with Crippen LogP contribution in [0.3, 0.4) is 0 Å². The van der Waals surface area contributed by atoms with Gasteiger partial charge in [-0.25, -0.2) is 0 Å². The molecule has 0 aliphatic heterocycles. The molecule has 1 fully saturated rings. The van der Waals surface area contributed by atoms with Crippen LogP contribution in [0.15, 0.2) is 12.1 Å². The Morgan fingerprint density at radius 3 is 2.75 bits per heavy atom.